The van der Waals surface area contributed by atoms with E-state index in [1.54, 1.807) is 19.0 Å². The van der Waals surface area contributed by atoms with E-state index in [4.69, 9.17) is 0 Å². The van der Waals surface area contributed by atoms with Crippen molar-refractivity contribution in [1.29, 1.82) is 0 Å². The van der Waals surface area contributed by atoms with Crippen molar-refractivity contribution in [2.24, 2.45) is 0 Å². The summed E-state index contributed by atoms with van der Waals surface area (Å²) in [6.07, 6.45) is 1.59. The normalized spacial score (nSPS) is 16.4. The molecule has 1 aliphatic heterocycles. The highest BCUT2D eigenvalue weighted by Crippen LogP contribution is 2.16. The molecule has 0 bridgehead atoms. The lowest BCUT2D eigenvalue weighted by molar-refractivity contribution is -0.129. The summed E-state index contributed by atoms with van der Waals surface area (Å²) >= 11 is 1.17. The van der Waals surface area contributed by atoms with Gasteiger partial charge >= 0.3 is 0 Å². The Morgan fingerprint density at radius 3 is 2.68 bits per heavy atom. The molecular weight excluding hydrogens is 302 g/mol. The lowest BCUT2D eigenvalue weighted by atomic mass is 10.2. The number of aryl methyl sites for hydroxylation is 1. The van der Waals surface area contributed by atoms with Crippen molar-refractivity contribution in [3.8, 4) is 0 Å². The van der Waals surface area contributed by atoms with Crippen LogP contribution in [0.3, 0.4) is 0 Å². The topological polar surface area (TPSA) is 69.6 Å². The molecule has 1 aromatic rings. The van der Waals surface area contributed by atoms with E-state index in [0.717, 1.165) is 31.6 Å². The van der Waals surface area contributed by atoms with Crippen molar-refractivity contribution in [1.82, 2.24) is 24.3 Å². The van der Waals surface area contributed by atoms with Gasteiger partial charge in [-0.15, -0.1) is 5.10 Å². The number of carbonyl (C=O) groups excluding carboxylic acids is 2. The van der Waals surface area contributed by atoms with Crippen LogP contribution in [0.4, 0.5) is 0 Å². The van der Waals surface area contributed by atoms with Gasteiger partial charge in [-0.25, -0.2) is 0 Å². The van der Waals surface area contributed by atoms with Crippen molar-refractivity contribution in [3.63, 3.8) is 0 Å². The van der Waals surface area contributed by atoms with E-state index < -0.39 is 0 Å². The summed E-state index contributed by atoms with van der Waals surface area (Å²) in [5.41, 5.74) is 0.777. The fourth-order valence-corrected chi connectivity index (χ4v) is 3.13. The molecule has 1 saturated heterocycles. The maximum atomic E-state index is 12.6. The maximum Gasteiger partial charge on any atom is 0.267 e. The zero-order chi connectivity index (χ0) is 16.1. The molecule has 1 fully saturated rings. The van der Waals surface area contributed by atoms with Gasteiger partial charge in [-0.3, -0.25) is 14.5 Å². The van der Waals surface area contributed by atoms with Gasteiger partial charge in [0.25, 0.3) is 5.91 Å². The molecule has 0 spiro atoms. The van der Waals surface area contributed by atoms with Crippen LogP contribution in [0.2, 0.25) is 0 Å². The Morgan fingerprint density at radius 2 is 2.00 bits per heavy atom. The molecule has 0 aliphatic carbocycles. The number of nitrogens with zero attached hydrogens (tertiary/aromatic N) is 5. The molecular formula is C14H23N5O2S. The molecule has 0 unspecified atom stereocenters. The summed E-state index contributed by atoms with van der Waals surface area (Å²) in [6.45, 7) is 5.30. The minimum atomic E-state index is 0.0210. The highest BCUT2D eigenvalue weighted by molar-refractivity contribution is 7.08. The molecule has 1 aliphatic rings. The second-order valence-corrected chi connectivity index (χ2v) is 6.37. The smallest absolute Gasteiger partial charge is 0.267 e. The van der Waals surface area contributed by atoms with Crippen LogP contribution in [0.15, 0.2) is 0 Å². The van der Waals surface area contributed by atoms with E-state index in [0.29, 0.717) is 24.5 Å². The van der Waals surface area contributed by atoms with Crippen LogP contribution in [0, 0.1) is 0 Å². The van der Waals surface area contributed by atoms with Crippen LogP contribution in [0.5, 0.6) is 0 Å². The Morgan fingerprint density at radius 1 is 1.23 bits per heavy atom. The Balaban J connectivity index is 1.95. The molecule has 122 valence electrons. The molecule has 2 rings (SSSR count). The molecule has 1 aromatic heterocycles. The number of rotatable bonds is 4. The molecule has 0 N–H and O–H groups in total. The average molecular weight is 325 g/mol. The Labute approximate surface area is 135 Å². The van der Waals surface area contributed by atoms with Gasteiger partial charge in [0.1, 0.15) is 4.88 Å². The first-order valence-electron chi connectivity index (χ1n) is 7.56. The van der Waals surface area contributed by atoms with Crippen LogP contribution in [-0.4, -0.2) is 82.9 Å². The molecule has 22 heavy (non-hydrogen) atoms. The fraction of sp³-hybridized carbons (Fsp3) is 0.714. The zero-order valence-electron chi connectivity index (χ0n) is 13.4. The fourth-order valence-electron chi connectivity index (χ4n) is 2.41. The lowest BCUT2D eigenvalue weighted by Gasteiger charge is -2.22. The molecule has 8 heteroatoms. The van der Waals surface area contributed by atoms with Gasteiger partial charge in [0.2, 0.25) is 5.91 Å². The van der Waals surface area contributed by atoms with Crippen molar-refractivity contribution in [2.45, 2.75) is 19.8 Å². The predicted molar refractivity (Wildman–Crippen MR) is 84.9 cm³/mol. The Kier molecular flexibility index (Phi) is 5.84. The molecule has 0 saturated carbocycles. The van der Waals surface area contributed by atoms with Crippen LogP contribution in [-0.2, 0) is 11.2 Å². The largest absolute Gasteiger partial charge is 0.348 e. The van der Waals surface area contributed by atoms with Gasteiger partial charge in [-0.2, -0.15) is 0 Å². The van der Waals surface area contributed by atoms with E-state index >= 15 is 0 Å². The maximum absolute atomic E-state index is 12.6. The Bertz CT molecular complexity index is 531. The zero-order valence-corrected chi connectivity index (χ0v) is 14.2. The van der Waals surface area contributed by atoms with Crippen LogP contribution >= 0.6 is 11.5 Å². The van der Waals surface area contributed by atoms with Crippen molar-refractivity contribution < 1.29 is 9.59 Å². The van der Waals surface area contributed by atoms with Crippen molar-refractivity contribution in [2.75, 3.05) is 46.8 Å². The first kappa shape index (κ1) is 16.8. The number of aromatic nitrogens is 2. The lowest BCUT2D eigenvalue weighted by Crippen LogP contribution is -2.39. The van der Waals surface area contributed by atoms with E-state index in [9.17, 15) is 9.59 Å². The predicted octanol–water partition coefficient (Wildman–Crippen LogP) is 0.337. The molecule has 0 aromatic carbocycles. The summed E-state index contributed by atoms with van der Waals surface area (Å²) in [5.74, 6) is 0.118. The van der Waals surface area contributed by atoms with Crippen molar-refractivity contribution >= 4 is 23.3 Å². The molecule has 2 heterocycles. The van der Waals surface area contributed by atoms with Crippen LogP contribution in [0.25, 0.3) is 0 Å². The monoisotopic (exact) mass is 325 g/mol. The number of amides is 2. The Hall–Kier alpha value is -1.54. The number of carbonyl (C=O) groups is 2. The SMILES string of the molecule is CCc1nnsc1C(=O)N1CCCN(CC(=O)N(C)C)CC1. The van der Waals surface area contributed by atoms with E-state index in [-0.39, 0.29) is 11.8 Å². The molecule has 0 atom stereocenters. The van der Waals surface area contributed by atoms with E-state index in [1.807, 2.05) is 11.8 Å². The third kappa shape index (κ3) is 4.01. The first-order valence-corrected chi connectivity index (χ1v) is 8.33. The standard InChI is InChI=1S/C14H23N5O2S/c1-4-11-13(22-16-15-11)14(21)19-7-5-6-18(8-9-19)10-12(20)17(2)3/h4-10H2,1-3H3. The first-order chi connectivity index (χ1) is 10.5. The number of hydrogen-bond acceptors (Lipinski definition) is 6. The van der Waals surface area contributed by atoms with Gasteiger partial charge < -0.3 is 9.80 Å². The summed E-state index contributed by atoms with van der Waals surface area (Å²) in [5, 5.41) is 4.01. The number of likely N-dealkylation sites (N-methyl/N-ethyl adjacent to an activating group) is 1. The average Bonchev–Trinajstić information content (AvgIpc) is 2.86. The van der Waals surface area contributed by atoms with Gasteiger partial charge in [0, 0.05) is 40.3 Å². The second kappa shape index (κ2) is 7.64. The van der Waals surface area contributed by atoms with Crippen LogP contribution in [0.1, 0.15) is 28.7 Å². The van der Waals surface area contributed by atoms with E-state index in [1.165, 1.54) is 11.5 Å². The second-order valence-electron chi connectivity index (χ2n) is 5.61. The van der Waals surface area contributed by atoms with E-state index in [2.05, 4.69) is 14.5 Å². The highest BCUT2D eigenvalue weighted by atomic mass is 32.1. The quantitative estimate of drug-likeness (QED) is 0.798. The molecule has 0 radical (unpaired) electrons. The number of hydrogen-bond donors (Lipinski definition) is 0. The highest BCUT2D eigenvalue weighted by Gasteiger charge is 2.24. The third-order valence-electron chi connectivity index (χ3n) is 3.82. The summed E-state index contributed by atoms with van der Waals surface area (Å²) in [4.78, 5) is 30.6. The van der Waals surface area contributed by atoms with Gasteiger partial charge in [0.05, 0.1) is 12.2 Å². The molecule has 7 nitrogen and oxygen atoms in total. The summed E-state index contributed by atoms with van der Waals surface area (Å²) in [6, 6.07) is 0. The minimum absolute atomic E-state index is 0.0210. The third-order valence-corrected chi connectivity index (χ3v) is 4.57. The summed E-state index contributed by atoms with van der Waals surface area (Å²) in [7, 11) is 3.53. The molecule has 2 amide bonds. The van der Waals surface area contributed by atoms with Gasteiger partial charge in [0.15, 0.2) is 0 Å². The van der Waals surface area contributed by atoms with Crippen LogP contribution < -0.4 is 0 Å². The van der Waals surface area contributed by atoms with Gasteiger partial charge in [-0.1, -0.05) is 11.4 Å². The minimum Gasteiger partial charge on any atom is -0.348 e. The van der Waals surface area contributed by atoms with Gasteiger partial charge in [-0.05, 0) is 24.4 Å². The van der Waals surface area contributed by atoms with Crippen molar-refractivity contribution in [3.05, 3.63) is 10.6 Å². The summed E-state index contributed by atoms with van der Waals surface area (Å²) < 4.78 is 3.89.